The smallest absolute Gasteiger partial charge is 0.222 e. The van der Waals surface area contributed by atoms with E-state index in [1.807, 2.05) is 35.2 Å². The molecule has 144 valence electrons. The molecule has 27 heavy (non-hydrogen) atoms. The first-order chi connectivity index (χ1) is 13.1. The predicted octanol–water partition coefficient (Wildman–Crippen LogP) is 3.74. The third-order valence-corrected chi connectivity index (χ3v) is 5.32. The molecule has 0 radical (unpaired) electrons. The lowest BCUT2D eigenvalue weighted by Gasteiger charge is -2.34. The molecule has 0 spiro atoms. The molecule has 0 aliphatic carbocycles. The van der Waals surface area contributed by atoms with Gasteiger partial charge >= 0.3 is 0 Å². The van der Waals surface area contributed by atoms with E-state index in [0.717, 1.165) is 24.0 Å². The van der Waals surface area contributed by atoms with Crippen molar-refractivity contribution < 1.29 is 19.0 Å². The van der Waals surface area contributed by atoms with Gasteiger partial charge in [-0.1, -0.05) is 36.4 Å². The van der Waals surface area contributed by atoms with Gasteiger partial charge in [-0.25, -0.2) is 4.39 Å². The summed E-state index contributed by atoms with van der Waals surface area (Å²) in [7, 11) is 1.43. The lowest BCUT2D eigenvalue weighted by atomic mass is 9.87. The molecule has 5 heteroatoms. The lowest BCUT2D eigenvalue weighted by molar-refractivity contribution is -0.133. The molecule has 1 saturated heterocycles. The molecule has 0 aromatic heterocycles. The van der Waals surface area contributed by atoms with E-state index < -0.39 is 11.9 Å². The summed E-state index contributed by atoms with van der Waals surface area (Å²) in [6.45, 7) is 1.31. The molecule has 1 aliphatic rings. The normalized spacial score (nSPS) is 16.2. The number of ether oxygens (including phenoxy) is 1. The zero-order chi connectivity index (χ0) is 19.2. The summed E-state index contributed by atoms with van der Waals surface area (Å²) in [5.41, 5.74) is 1.72. The van der Waals surface area contributed by atoms with Crippen LogP contribution in [0.2, 0.25) is 0 Å². The SMILES string of the molecule is COc1ccc(CCC(=O)N2CCC(C(O)c3ccccc3)CC2)cc1F. The topological polar surface area (TPSA) is 49.8 Å². The number of methoxy groups -OCH3 is 1. The molecule has 3 rings (SSSR count). The van der Waals surface area contributed by atoms with Crippen molar-refractivity contribution >= 4 is 5.91 Å². The summed E-state index contributed by atoms with van der Waals surface area (Å²) >= 11 is 0. The maximum absolute atomic E-state index is 13.7. The number of benzene rings is 2. The van der Waals surface area contributed by atoms with Crippen LogP contribution in [0.1, 0.15) is 36.5 Å². The first-order valence-electron chi connectivity index (χ1n) is 9.41. The van der Waals surface area contributed by atoms with Gasteiger partial charge in [0.15, 0.2) is 11.6 Å². The summed E-state index contributed by atoms with van der Waals surface area (Å²) in [4.78, 5) is 14.3. The fraction of sp³-hybridized carbons (Fsp3) is 0.409. The first-order valence-corrected chi connectivity index (χ1v) is 9.41. The number of hydrogen-bond donors (Lipinski definition) is 1. The number of likely N-dealkylation sites (tertiary alicyclic amines) is 1. The Morgan fingerprint density at radius 2 is 1.93 bits per heavy atom. The molecule has 1 heterocycles. The van der Waals surface area contributed by atoms with Crippen LogP contribution in [0.4, 0.5) is 4.39 Å². The number of rotatable bonds is 6. The number of carbonyl (C=O) groups is 1. The Kier molecular flexibility index (Phi) is 6.45. The fourth-order valence-corrected chi connectivity index (χ4v) is 3.66. The van der Waals surface area contributed by atoms with E-state index in [-0.39, 0.29) is 17.6 Å². The summed E-state index contributed by atoms with van der Waals surface area (Å²) in [6, 6.07) is 14.5. The van der Waals surface area contributed by atoms with Gasteiger partial charge in [-0.15, -0.1) is 0 Å². The zero-order valence-corrected chi connectivity index (χ0v) is 15.6. The molecule has 1 amide bonds. The third kappa shape index (κ3) is 4.86. The Labute approximate surface area is 159 Å². The number of halogens is 1. The van der Waals surface area contributed by atoms with Crippen LogP contribution < -0.4 is 4.74 Å². The number of carbonyl (C=O) groups excluding carboxylic acids is 1. The number of hydrogen-bond acceptors (Lipinski definition) is 3. The minimum absolute atomic E-state index is 0.0823. The fourth-order valence-electron chi connectivity index (χ4n) is 3.66. The van der Waals surface area contributed by atoms with Crippen molar-refractivity contribution in [2.45, 2.75) is 31.8 Å². The Balaban J connectivity index is 1.48. The van der Waals surface area contributed by atoms with Gasteiger partial charge in [-0.05, 0) is 48.4 Å². The summed E-state index contributed by atoms with van der Waals surface area (Å²) in [6.07, 6.45) is 1.97. The predicted molar refractivity (Wildman–Crippen MR) is 102 cm³/mol. The second-order valence-electron chi connectivity index (χ2n) is 7.04. The number of piperidine rings is 1. The number of nitrogens with zero attached hydrogens (tertiary/aromatic N) is 1. The molecule has 1 atom stereocenters. The minimum atomic E-state index is -0.481. The van der Waals surface area contributed by atoms with Crippen molar-refractivity contribution in [3.63, 3.8) is 0 Å². The molecule has 1 N–H and O–H groups in total. The van der Waals surface area contributed by atoms with Crippen LogP contribution in [0.25, 0.3) is 0 Å². The van der Waals surface area contributed by atoms with Crippen molar-refractivity contribution in [3.8, 4) is 5.75 Å². The highest BCUT2D eigenvalue weighted by Gasteiger charge is 2.28. The highest BCUT2D eigenvalue weighted by Crippen LogP contribution is 2.30. The van der Waals surface area contributed by atoms with Crippen molar-refractivity contribution in [2.24, 2.45) is 5.92 Å². The Morgan fingerprint density at radius 3 is 2.56 bits per heavy atom. The zero-order valence-electron chi connectivity index (χ0n) is 15.6. The molecule has 1 unspecified atom stereocenters. The lowest BCUT2D eigenvalue weighted by Crippen LogP contribution is -2.39. The monoisotopic (exact) mass is 371 g/mol. The quantitative estimate of drug-likeness (QED) is 0.842. The van der Waals surface area contributed by atoms with Gasteiger partial charge in [-0.3, -0.25) is 4.79 Å². The van der Waals surface area contributed by atoms with Gasteiger partial charge < -0.3 is 14.7 Å². The molecular formula is C22H26FNO3. The maximum atomic E-state index is 13.7. The van der Waals surface area contributed by atoms with E-state index in [0.29, 0.717) is 25.9 Å². The largest absolute Gasteiger partial charge is 0.494 e. The Bertz CT molecular complexity index is 757. The number of amides is 1. The molecular weight excluding hydrogens is 345 g/mol. The van der Waals surface area contributed by atoms with E-state index >= 15 is 0 Å². The number of aryl methyl sites for hydroxylation is 1. The van der Waals surface area contributed by atoms with Gasteiger partial charge in [0.05, 0.1) is 13.2 Å². The van der Waals surface area contributed by atoms with E-state index in [1.165, 1.54) is 13.2 Å². The van der Waals surface area contributed by atoms with E-state index in [4.69, 9.17) is 4.74 Å². The molecule has 2 aromatic carbocycles. The van der Waals surface area contributed by atoms with Gasteiger partial charge in [0, 0.05) is 19.5 Å². The standard InChI is InChI=1S/C22H26FNO3/c1-27-20-9-7-16(15-19(20)23)8-10-21(25)24-13-11-18(12-14-24)22(26)17-5-3-2-4-6-17/h2-7,9,15,18,22,26H,8,10-14H2,1H3. The van der Waals surface area contributed by atoms with E-state index in [9.17, 15) is 14.3 Å². The van der Waals surface area contributed by atoms with Gasteiger partial charge in [0.25, 0.3) is 0 Å². The van der Waals surface area contributed by atoms with E-state index in [1.54, 1.807) is 12.1 Å². The van der Waals surface area contributed by atoms with Crippen LogP contribution >= 0.6 is 0 Å². The highest BCUT2D eigenvalue weighted by atomic mass is 19.1. The van der Waals surface area contributed by atoms with Crippen LogP contribution in [-0.4, -0.2) is 36.1 Å². The Morgan fingerprint density at radius 1 is 1.22 bits per heavy atom. The second kappa shape index (κ2) is 9.00. The molecule has 0 bridgehead atoms. The highest BCUT2D eigenvalue weighted by molar-refractivity contribution is 5.76. The summed E-state index contributed by atoms with van der Waals surface area (Å²) in [5, 5.41) is 10.5. The summed E-state index contributed by atoms with van der Waals surface area (Å²) < 4.78 is 18.7. The van der Waals surface area contributed by atoms with Crippen LogP contribution in [0.15, 0.2) is 48.5 Å². The van der Waals surface area contributed by atoms with Crippen LogP contribution in [-0.2, 0) is 11.2 Å². The van der Waals surface area contributed by atoms with Gasteiger partial charge in [-0.2, -0.15) is 0 Å². The third-order valence-electron chi connectivity index (χ3n) is 5.32. The van der Waals surface area contributed by atoms with Crippen LogP contribution in [0, 0.1) is 11.7 Å². The summed E-state index contributed by atoms with van der Waals surface area (Å²) in [5.74, 6) is 0.0632. The Hall–Kier alpha value is -2.40. The first kappa shape index (κ1) is 19.4. The minimum Gasteiger partial charge on any atom is -0.494 e. The van der Waals surface area contributed by atoms with Gasteiger partial charge in [0.2, 0.25) is 5.91 Å². The van der Waals surface area contributed by atoms with Crippen LogP contribution in [0.3, 0.4) is 0 Å². The molecule has 1 aliphatic heterocycles. The van der Waals surface area contributed by atoms with E-state index in [2.05, 4.69) is 0 Å². The van der Waals surface area contributed by atoms with Crippen molar-refractivity contribution in [2.75, 3.05) is 20.2 Å². The second-order valence-corrected chi connectivity index (χ2v) is 7.04. The number of aliphatic hydroxyl groups excluding tert-OH is 1. The van der Waals surface area contributed by atoms with Crippen molar-refractivity contribution in [1.29, 1.82) is 0 Å². The van der Waals surface area contributed by atoms with Crippen molar-refractivity contribution in [1.82, 2.24) is 4.90 Å². The molecule has 0 saturated carbocycles. The maximum Gasteiger partial charge on any atom is 0.222 e. The number of aliphatic hydroxyl groups is 1. The molecule has 2 aromatic rings. The average molecular weight is 371 g/mol. The molecule has 4 nitrogen and oxygen atoms in total. The van der Waals surface area contributed by atoms with Gasteiger partial charge in [0.1, 0.15) is 0 Å². The molecule has 1 fully saturated rings. The van der Waals surface area contributed by atoms with Crippen molar-refractivity contribution in [3.05, 3.63) is 65.5 Å². The average Bonchev–Trinajstić information content (AvgIpc) is 2.72. The van der Waals surface area contributed by atoms with Crippen LogP contribution in [0.5, 0.6) is 5.75 Å².